The number of carbonyl (C=O) groups excluding carboxylic acids is 1. The number of nitrogens with one attached hydrogen (secondary N) is 1. The van der Waals surface area contributed by atoms with Gasteiger partial charge in [0.15, 0.2) is 12.2 Å². The number of amides is 1. The topological polar surface area (TPSA) is 84.6 Å². The fourth-order valence-corrected chi connectivity index (χ4v) is 3.38. The molecular weight excluding hydrogens is 392 g/mol. The molecule has 0 unspecified atom stereocenters. The van der Waals surface area contributed by atoms with Crippen LogP contribution in [0, 0.1) is 0 Å². The number of rotatable bonds is 5. The van der Waals surface area contributed by atoms with E-state index in [-0.39, 0.29) is 24.2 Å². The zero-order valence-electron chi connectivity index (χ0n) is 16.4. The van der Waals surface area contributed by atoms with Crippen molar-refractivity contribution in [2.75, 3.05) is 11.9 Å². The molecule has 2 N–H and O–H groups in total. The van der Waals surface area contributed by atoms with Crippen molar-refractivity contribution >= 4 is 33.5 Å². The molecule has 0 aliphatic carbocycles. The number of ether oxygens (including phenoxy) is 1. The first-order valence-electron chi connectivity index (χ1n) is 9.76. The van der Waals surface area contributed by atoms with Gasteiger partial charge in [0, 0.05) is 5.69 Å². The molecule has 0 spiro atoms. The molecule has 0 saturated carbocycles. The minimum Gasteiger partial charge on any atom is -0.507 e. The summed E-state index contributed by atoms with van der Waals surface area (Å²) in [6, 6.07) is 25.7. The van der Waals surface area contributed by atoms with Crippen molar-refractivity contribution in [2.24, 2.45) is 0 Å². The molecule has 5 aromatic rings. The molecule has 4 aromatic carbocycles. The van der Waals surface area contributed by atoms with E-state index in [0.29, 0.717) is 28.1 Å². The molecule has 6 nitrogen and oxygen atoms in total. The second kappa shape index (κ2) is 7.84. The van der Waals surface area contributed by atoms with Gasteiger partial charge in [-0.3, -0.25) is 4.79 Å². The van der Waals surface area contributed by atoms with E-state index < -0.39 is 0 Å². The maximum absolute atomic E-state index is 12.4. The quantitative estimate of drug-likeness (QED) is 0.381. The maximum atomic E-state index is 12.4. The highest BCUT2D eigenvalue weighted by atomic mass is 16.5. The number of hydrogen-bond donors (Lipinski definition) is 2. The second-order valence-corrected chi connectivity index (χ2v) is 7.06. The van der Waals surface area contributed by atoms with E-state index in [9.17, 15) is 9.90 Å². The Kier molecular flexibility index (Phi) is 4.72. The second-order valence-electron chi connectivity index (χ2n) is 7.06. The first kappa shape index (κ1) is 18.7. The molecule has 31 heavy (non-hydrogen) atoms. The van der Waals surface area contributed by atoms with Crippen molar-refractivity contribution in [1.29, 1.82) is 0 Å². The molecule has 0 aliphatic rings. The van der Waals surface area contributed by atoms with Gasteiger partial charge in [-0.2, -0.15) is 0 Å². The molecule has 1 aromatic heterocycles. The molecule has 5 rings (SSSR count). The summed E-state index contributed by atoms with van der Waals surface area (Å²) in [5.74, 6) is 0.591. The van der Waals surface area contributed by atoms with Crippen LogP contribution in [0.4, 0.5) is 5.69 Å². The summed E-state index contributed by atoms with van der Waals surface area (Å²) in [4.78, 5) is 16.8. The van der Waals surface area contributed by atoms with E-state index in [0.717, 1.165) is 10.8 Å². The molecule has 152 valence electrons. The Morgan fingerprint density at radius 3 is 2.61 bits per heavy atom. The molecule has 1 amide bonds. The van der Waals surface area contributed by atoms with E-state index >= 15 is 0 Å². The first-order chi connectivity index (χ1) is 15.2. The van der Waals surface area contributed by atoms with Crippen molar-refractivity contribution in [1.82, 2.24) is 4.98 Å². The number of oxazole rings is 1. The summed E-state index contributed by atoms with van der Waals surface area (Å²) in [6.45, 7) is -0.141. The van der Waals surface area contributed by atoms with E-state index in [1.165, 1.54) is 6.07 Å². The Balaban J connectivity index is 1.30. The van der Waals surface area contributed by atoms with Gasteiger partial charge in [-0.05, 0) is 53.2 Å². The molecule has 6 heteroatoms. The number of phenolic OH excluding ortho intramolecular Hbond substituents is 1. The number of anilines is 1. The van der Waals surface area contributed by atoms with Gasteiger partial charge < -0.3 is 19.6 Å². The van der Waals surface area contributed by atoms with Crippen molar-refractivity contribution in [3.63, 3.8) is 0 Å². The number of carbonyl (C=O) groups is 1. The summed E-state index contributed by atoms with van der Waals surface area (Å²) in [5, 5.41) is 15.2. The van der Waals surface area contributed by atoms with Crippen molar-refractivity contribution in [3.8, 4) is 23.0 Å². The molecule has 0 bridgehead atoms. The lowest BCUT2D eigenvalue weighted by Crippen LogP contribution is -2.20. The molecular formula is C25H18N2O4. The Bertz CT molecular complexity index is 1370. The van der Waals surface area contributed by atoms with Crippen LogP contribution in [0.15, 0.2) is 89.3 Å². The van der Waals surface area contributed by atoms with Gasteiger partial charge in [-0.25, -0.2) is 4.98 Å². The van der Waals surface area contributed by atoms with Gasteiger partial charge in [0.25, 0.3) is 5.91 Å². The molecule has 0 radical (unpaired) electrons. The first-order valence-corrected chi connectivity index (χ1v) is 9.76. The number of fused-ring (bicyclic) bond motifs is 2. The van der Waals surface area contributed by atoms with Crippen molar-refractivity contribution in [2.45, 2.75) is 0 Å². The van der Waals surface area contributed by atoms with E-state index in [1.54, 1.807) is 18.2 Å². The summed E-state index contributed by atoms with van der Waals surface area (Å²) in [6.07, 6.45) is 0. The van der Waals surface area contributed by atoms with Crippen LogP contribution in [-0.4, -0.2) is 22.6 Å². The van der Waals surface area contributed by atoms with Crippen molar-refractivity contribution in [3.05, 3.63) is 84.9 Å². The van der Waals surface area contributed by atoms with Crippen LogP contribution in [0.1, 0.15) is 0 Å². The standard InChI is InChI=1S/C25H18N2O4/c28-22-12-10-18(14-20(22)25-27-21-7-3-4-8-23(21)31-25)26-24(29)15-30-19-11-9-16-5-1-2-6-17(16)13-19/h1-14,28H,15H2,(H,26,29). The summed E-state index contributed by atoms with van der Waals surface area (Å²) < 4.78 is 11.4. The third-order valence-corrected chi connectivity index (χ3v) is 4.90. The van der Waals surface area contributed by atoms with Crippen LogP contribution in [0.25, 0.3) is 33.3 Å². The van der Waals surface area contributed by atoms with Crippen LogP contribution in [-0.2, 0) is 4.79 Å². The van der Waals surface area contributed by atoms with Gasteiger partial charge >= 0.3 is 0 Å². The van der Waals surface area contributed by atoms with Crippen LogP contribution in [0.2, 0.25) is 0 Å². The largest absolute Gasteiger partial charge is 0.507 e. The predicted octanol–water partition coefficient (Wildman–Crippen LogP) is 5.37. The Labute approximate surface area is 177 Å². The van der Waals surface area contributed by atoms with E-state index in [4.69, 9.17) is 9.15 Å². The van der Waals surface area contributed by atoms with Crippen LogP contribution in [0.5, 0.6) is 11.5 Å². The van der Waals surface area contributed by atoms with E-state index in [1.807, 2.05) is 60.7 Å². The van der Waals surface area contributed by atoms with Gasteiger partial charge in [0.2, 0.25) is 5.89 Å². The third-order valence-electron chi connectivity index (χ3n) is 4.90. The van der Waals surface area contributed by atoms with Crippen molar-refractivity contribution < 1.29 is 19.1 Å². The minimum absolute atomic E-state index is 0.0111. The highest BCUT2D eigenvalue weighted by molar-refractivity contribution is 5.93. The lowest BCUT2D eigenvalue weighted by Gasteiger charge is -2.09. The number of phenols is 1. The predicted molar refractivity (Wildman–Crippen MR) is 119 cm³/mol. The highest BCUT2D eigenvalue weighted by Gasteiger charge is 2.14. The normalized spacial score (nSPS) is 11.0. The SMILES string of the molecule is O=C(COc1ccc2ccccc2c1)Nc1ccc(O)c(-c2nc3ccccc3o2)c1. The number of para-hydroxylation sites is 2. The Morgan fingerprint density at radius 1 is 0.935 bits per heavy atom. The summed E-state index contributed by atoms with van der Waals surface area (Å²) >= 11 is 0. The molecule has 0 atom stereocenters. The van der Waals surface area contributed by atoms with Gasteiger partial charge in [-0.1, -0.05) is 42.5 Å². The number of aromatic hydroxyl groups is 1. The zero-order valence-corrected chi connectivity index (χ0v) is 16.4. The summed E-state index contributed by atoms with van der Waals surface area (Å²) in [5.41, 5.74) is 2.21. The molecule has 0 saturated heterocycles. The minimum atomic E-state index is -0.317. The van der Waals surface area contributed by atoms with Crippen LogP contribution >= 0.6 is 0 Å². The fourth-order valence-electron chi connectivity index (χ4n) is 3.38. The van der Waals surface area contributed by atoms with E-state index in [2.05, 4.69) is 10.3 Å². The molecule has 0 fully saturated rings. The van der Waals surface area contributed by atoms with Gasteiger partial charge in [0.1, 0.15) is 17.0 Å². The lowest BCUT2D eigenvalue weighted by molar-refractivity contribution is -0.118. The lowest BCUT2D eigenvalue weighted by atomic mass is 10.1. The average Bonchev–Trinajstić information content (AvgIpc) is 3.23. The monoisotopic (exact) mass is 410 g/mol. The number of nitrogens with zero attached hydrogens (tertiary/aromatic N) is 1. The number of benzene rings is 4. The smallest absolute Gasteiger partial charge is 0.262 e. The number of hydrogen-bond acceptors (Lipinski definition) is 5. The Hall–Kier alpha value is -4.32. The van der Waals surface area contributed by atoms with Crippen LogP contribution < -0.4 is 10.1 Å². The fraction of sp³-hybridized carbons (Fsp3) is 0.0400. The molecule has 0 aliphatic heterocycles. The summed E-state index contributed by atoms with van der Waals surface area (Å²) in [7, 11) is 0. The average molecular weight is 410 g/mol. The highest BCUT2D eigenvalue weighted by Crippen LogP contribution is 2.33. The Morgan fingerprint density at radius 2 is 1.74 bits per heavy atom. The molecule has 1 heterocycles. The van der Waals surface area contributed by atoms with Gasteiger partial charge in [0.05, 0.1) is 5.56 Å². The van der Waals surface area contributed by atoms with Crippen LogP contribution in [0.3, 0.4) is 0 Å². The third kappa shape index (κ3) is 3.91. The zero-order chi connectivity index (χ0) is 21.2. The number of aromatic nitrogens is 1. The van der Waals surface area contributed by atoms with Gasteiger partial charge in [-0.15, -0.1) is 0 Å². The maximum Gasteiger partial charge on any atom is 0.262 e.